The number of ether oxygens (including phenoxy) is 2. The number of carbonyl (C=O) groups is 4. The Kier molecular flexibility index (Phi) is 4.01. The van der Waals surface area contributed by atoms with Gasteiger partial charge in [-0.3, -0.25) is 19.3 Å². The normalized spacial score (nSPS) is 18.1. The van der Waals surface area contributed by atoms with Crippen LogP contribution in [0.1, 0.15) is 13.8 Å². The molecule has 9 nitrogen and oxygen atoms in total. The fraction of sp³-hybridized carbons (Fsp3) is 0.333. The molecule has 0 radical (unpaired) electrons. The largest absolute Gasteiger partial charge is 0.586 e. The van der Waals surface area contributed by atoms with E-state index in [0.29, 0.717) is 4.90 Å². The average molecular weight is 369 g/mol. The molecule has 0 unspecified atom stereocenters. The first kappa shape index (κ1) is 17.6. The van der Waals surface area contributed by atoms with Gasteiger partial charge in [-0.05, 0) is 26.0 Å². The standard InChI is InChI=1S/C15H13F2N3O6/c1-7(2)20-13(23)12(22)19(14(20)24)6-11(21)18-8-3-4-9-10(5-8)26-15(16,17)25-9/h3-5,7H,6H2,1-2H3,(H,18,21). The highest BCUT2D eigenvalue weighted by atomic mass is 19.3. The summed E-state index contributed by atoms with van der Waals surface area (Å²) in [6.07, 6.45) is -3.79. The van der Waals surface area contributed by atoms with Gasteiger partial charge < -0.3 is 14.8 Å². The van der Waals surface area contributed by atoms with E-state index in [9.17, 15) is 28.0 Å². The van der Waals surface area contributed by atoms with Crippen molar-refractivity contribution in [2.45, 2.75) is 26.2 Å². The summed E-state index contributed by atoms with van der Waals surface area (Å²) in [4.78, 5) is 49.0. The number of hydrogen-bond acceptors (Lipinski definition) is 6. The molecule has 1 saturated heterocycles. The summed E-state index contributed by atoms with van der Waals surface area (Å²) >= 11 is 0. The Balaban J connectivity index is 1.68. The minimum absolute atomic E-state index is 0.0844. The Bertz CT molecular complexity index is 826. The lowest BCUT2D eigenvalue weighted by molar-refractivity contribution is -0.286. The molecule has 0 spiro atoms. The van der Waals surface area contributed by atoms with E-state index < -0.39 is 42.6 Å². The Hall–Kier alpha value is -3.24. The number of imide groups is 2. The molecule has 0 aliphatic carbocycles. The van der Waals surface area contributed by atoms with Crippen molar-refractivity contribution in [3.63, 3.8) is 0 Å². The number of anilines is 1. The second-order valence-electron chi connectivity index (χ2n) is 5.82. The molecule has 1 aromatic carbocycles. The van der Waals surface area contributed by atoms with Crippen molar-refractivity contribution in [1.82, 2.24) is 9.80 Å². The second kappa shape index (κ2) is 5.93. The van der Waals surface area contributed by atoms with E-state index in [2.05, 4.69) is 14.8 Å². The van der Waals surface area contributed by atoms with Crippen molar-refractivity contribution in [2.75, 3.05) is 11.9 Å². The van der Waals surface area contributed by atoms with E-state index in [1.165, 1.54) is 12.1 Å². The van der Waals surface area contributed by atoms with Crippen LogP contribution in [0.5, 0.6) is 11.5 Å². The molecule has 1 aromatic rings. The first-order chi connectivity index (χ1) is 12.1. The van der Waals surface area contributed by atoms with Gasteiger partial charge in [0.15, 0.2) is 11.5 Å². The van der Waals surface area contributed by atoms with Gasteiger partial charge in [0.25, 0.3) is 0 Å². The molecule has 2 aliphatic heterocycles. The molecule has 3 rings (SSSR count). The molecule has 5 amide bonds. The minimum Gasteiger partial charge on any atom is -0.395 e. The van der Waals surface area contributed by atoms with Gasteiger partial charge in [0.1, 0.15) is 6.54 Å². The quantitative estimate of drug-likeness (QED) is 0.630. The molecule has 26 heavy (non-hydrogen) atoms. The number of nitrogens with zero attached hydrogens (tertiary/aromatic N) is 2. The maximum absolute atomic E-state index is 13.0. The molecular weight excluding hydrogens is 356 g/mol. The summed E-state index contributed by atoms with van der Waals surface area (Å²) < 4.78 is 34.4. The summed E-state index contributed by atoms with van der Waals surface area (Å²) in [5.41, 5.74) is 0.0844. The Morgan fingerprint density at radius 1 is 1.15 bits per heavy atom. The molecule has 0 saturated carbocycles. The first-order valence-corrected chi connectivity index (χ1v) is 7.48. The number of hydrogen-bond donors (Lipinski definition) is 1. The van der Waals surface area contributed by atoms with Crippen LogP contribution < -0.4 is 14.8 Å². The van der Waals surface area contributed by atoms with E-state index in [-0.39, 0.29) is 17.2 Å². The van der Waals surface area contributed by atoms with Crippen LogP contribution in [0.4, 0.5) is 19.3 Å². The monoisotopic (exact) mass is 369 g/mol. The van der Waals surface area contributed by atoms with Crippen molar-refractivity contribution in [3.05, 3.63) is 18.2 Å². The van der Waals surface area contributed by atoms with Crippen LogP contribution in [-0.4, -0.2) is 52.4 Å². The topological polar surface area (TPSA) is 105 Å². The fourth-order valence-corrected chi connectivity index (χ4v) is 2.49. The lowest BCUT2D eigenvalue weighted by Crippen LogP contribution is -2.40. The number of halogens is 2. The van der Waals surface area contributed by atoms with Gasteiger partial charge in [-0.1, -0.05) is 0 Å². The zero-order valence-electron chi connectivity index (χ0n) is 13.6. The number of benzene rings is 1. The molecule has 0 atom stereocenters. The van der Waals surface area contributed by atoms with Crippen LogP contribution in [0.15, 0.2) is 18.2 Å². The third-order valence-corrected chi connectivity index (χ3v) is 3.59. The van der Waals surface area contributed by atoms with E-state index in [1.54, 1.807) is 13.8 Å². The van der Waals surface area contributed by atoms with Gasteiger partial charge in [-0.15, -0.1) is 8.78 Å². The van der Waals surface area contributed by atoms with E-state index in [4.69, 9.17) is 0 Å². The summed E-state index contributed by atoms with van der Waals surface area (Å²) in [6.45, 7) is 2.40. The third kappa shape index (κ3) is 3.03. The van der Waals surface area contributed by atoms with Gasteiger partial charge in [0.05, 0.1) is 0 Å². The van der Waals surface area contributed by atoms with Gasteiger partial charge in [0, 0.05) is 17.8 Å². The molecule has 2 aliphatic rings. The summed E-state index contributed by atoms with van der Waals surface area (Å²) in [6, 6.07) is 2.12. The van der Waals surface area contributed by atoms with Gasteiger partial charge in [-0.25, -0.2) is 9.69 Å². The number of fused-ring (bicyclic) bond motifs is 1. The number of carbonyl (C=O) groups excluding carboxylic acids is 4. The van der Waals surface area contributed by atoms with Gasteiger partial charge in [-0.2, -0.15) is 0 Å². The Morgan fingerprint density at radius 2 is 1.81 bits per heavy atom. The maximum atomic E-state index is 13.0. The fourth-order valence-electron chi connectivity index (χ4n) is 2.49. The number of urea groups is 1. The van der Waals surface area contributed by atoms with Crippen molar-refractivity contribution < 1.29 is 37.4 Å². The second-order valence-corrected chi connectivity index (χ2v) is 5.82. The minimum atomic E-state index is -3.79. The summed E-state index contributed by atoms with van der Waals surface area (Å²) in [5, 5.41) is 2.33. The van der Waals surface area contributed by atoms with Crippen LogP contribution in [0.3, 0.4) is 0 Å². The van der Waals surface area contributed by atoms with Crippen molar-refractivity contribution in [2.24, 2.45) is 0 Å². The highest BCUT2D eigenvalue weighted by Gasteiger charge is 2.46. The first-order valence-electron chi connectivity index (χ1n) is 7.48. The predicted molar refractivity (Wildman–Crippen MR) is 80.4 cm³/mol. The van der Waals surface area contributed by atoms with E-state index in [0.717, 1.165) is 11.0 Å². The van der Waals surface area contributed by atoms with Crippen LogP contribution in [-0.2, 0) is 14.4 Å². The molecular formula is C15H13F2N3O6. The molecule has 2 heterocycles. The van der Waals surface area contributed by atoms with Crippen molar-refractivity contribution in [1.29, 1.82) is 0 Å². The lowest BCUT2D eigenvalue weighted by atomic mass is 10.2. The number of alkyl halides is 2. The highest BCUT2D eigenvalue weighted by molar-refractivity contribution is 6.45. The molecule has 0 aromatic heterocycles. The molecule has 1 fully saturated rings. The number of rotatable bonds is 4. The number of amides is 5. The van der Waals surface area contributed by atoms with Crippen LogP contribution in [0.25, 0.3) is 0 Å². The molecule has 1 N–H and O–H groups in total. The van der Waals surface area contributed by atoms with Crippen LogP contribution in [0, 0.1) is 0 Å². The predicted octanol–water partition coefficient (Wildman–Crippen LogP) is 1.15. The molecule has 138 valence electrons. The van der Waals surface area contributed by atoms with Gasteiger partial charge >= 0.3 is 24.1 Å². The van der Waals surface area contributed by atoms with Crippen LogP contribution >= 0.6 is 0 Å². The molecule has 11 heteroatoms. The lowest BCUT2D eigenvalue weighted by Gasteiger charge is -2.18. The van der Waals surface area contributed by atoms with E-state index >= 15 is 0 Å². The highest BCUT2D eigenvalue weighted by Crippen LogP contribution is 2.42. The maximum Gasteiger partial charge on any atom is 0.586 e. The van der Waals surface area contributed by atoms with Gasteiger partial charge in [0.2, 0.25) is 5.91 Å². The van der Waals surface area contributed by atoms with Crippen molar-refractivity contribution in [3.8, 4) is 11.5 Å². The SMILES string of the molecule is CC(C)N1C(=O)C(=O)N(CC(=O)Nc2ccc3c(c2)OC(F)(F)O3)C1=O. The summed E-state index contributed by atoms with van der Waals surface area (Å²) in [5.74, 6) is -3.39. The third-order valence-electron chi connectivity index (χ3n) is 3.59. The Morgan fingerprint density at radius 3 is 2.42 bits per heavy atom. The summed E-state index contributed by atoms with van der Waals surface area (Å²) in [7, 11) is 0. The molecule has 0 bridgehead atoms. The van der Waals surface area contributed by atoms with E-state index in [1.807, 2.05) is 0 Å². The average Bonchev–Trinajstić information content (AvgIpc) is 2.94. The van der Waals surface area contributed by atoms with Crippen molar-refractivity contribution >= 4 is 29.4 Å². The smallest absolute Gasteiger partial charge is 0.395 e. The Labute approximate surface area is 145 Å². The zero-order valence-corrected chi connectivity index (χ0v) is 13.6. The zero-order chi connectivity index (χ0) is 19.2. The number of nitrogens with one attached hydrogen (secondary N) is 1. The van der Waals surface area contributed by atoms with Crippen LogP contribution in [0.2, 0.25) is 0 Å².